The normalized spacial score (nSPS) is 27.1. The number of carbonyl (C=O) groups is 1. The second-order valence-electron chi connectivity index (χ2n) is 10.7. The van der Waals surface area contributed by atoms with Crippen LogP contribution in [0.15, 0.2) is 24.5 Å². The summed E-state index contributed by atoms with van der Waals surface area (Å²) in [6.45, 7) is 9.14. The van der Waals surface area contributed by atoms with Gasteiger partial charge in [0.25, 0.3) is 0 Å². The van der Waals surface area contributed by atoms with Crippen molar-refractivity contribution in [1.82, 2.24) is 15.1 Å². The van der Waals surface area contributed by atoms with E-state index in [4.69, 9.17) is 9.47 Å². The molecule has 4 unspecified atom stereocenters. The Kier molecular flexibility index (Phi) is 8.20. The van der Waals surface area contributed by atoms with Gasteiger partial charge in [-0.05, 0) is 109 Å². The smallest absolute Gasteiger partial charge is 0.230 e. The number of unbranched alkanes of at least 4 members (excludes halogenated alkanes) is 1. The van der Waals surface area contributed by atoms with E-state index in [0.29, 0.717) is 24.7 Å². The van der Waals surface area contributed by atoms with Crippen LogP contribution >= 0.6 is 0 Å². The summed E-state index contributed by atoms with van der Waals surface area (Å²) in [5.41, 5.74) is 4.02. The fraction of sp³-hybridized carbons (Fsp3) is 0.679. The van der Waals surface area contributed by atoms with E-state index in [1.165, 1.54) is 29.5 Å². The summed E-state index contributed by atoms with van der Waals surface area (Å²) in [4.78, 5) is 17.5. The summed E-state index contributed by atoms with van der Waals surface area (Å²) >= 11 is 0. The number of ether oxygens (including phenoxy) is 2. The van der Waals surface area contributed by atoms with E-state index in [2.05, 4.69) is 62.1 Å². The van der Waals surface area contributed by atoms with E-state index in [9.17, 15) is 4.79 Å². The number of nitrogens with zero attached hydrogens (tertiary/aromatic N) is 2. The lowest BCUT2D eigenvalue weighted by atomic mass is 9.90. The van der Waals surface area contributed by atoms with Crippen molar-refractivity contribution in [2.24, 2.45) is 5.92 Å². The lowest BCUT2D eigenvalue weighted by Crippen LogP contribution is -2.52. The zero-order valence-corrected chi connectivity index (χ0v) is 21.7. The molecule has 0 aromatic heterocycles. The van der Waals surface area contributed by atoms with Gasteiger partial charge < -0.3 is 19.7 Å². The first-order valence-corrected chi connectivity index (χ1v) is 13.1. The van der Waals surface area contributed by atoms with E-state index in [-0.39, 0.29) is 17.9 Å². The van der Waals surface area contributed by atoms with Crippen molar-refractivity contribution in [2.45, 2.75) is 83.5 Å². The van der Waals surface area contributed by atoms with Gasteiger partial charge in [-0.1, -0.05) is 6.07 Å². The Hall–Kier alpha value is -2.05. The highest BCUT2D eigenvalue weighted by Gasteiger charge is 2.44. The zero-order chi connectivity index (χ0) is 24.2. The van der Waals surface area contributed by atoms with Crippen LogP contribution in [0.25, 0.3) is 0 Å². The SMILES string of the molecule is Cc1c(OCCCCN(C)C)ccc(C(C)N2C3CCC2CC(NC(=O)C2C=COC2)C3)c1C. The largest absolute Gasteiger partial charge is 0.500 e. The molecule has 4 rings (SSSR count). The second-order valence-corrected chi connectivity index (χ2v) is 10.7. The number of carbonyl (C=O) groups excluding carboxylic acids is 1. The van der Waals surface area contributed by atoms with Crippen LogP contribution in [0.1, 0.15) is 68.2 Å². The van der Waals surface area contributed by atoms with Crippen molar-refractivity contribution >= 4 is 5.91 Å². The summed E-state index contributed by atoms with van der Waals surface area (Å²) in [7, 11) is 4.23. The average Bonchev–Trinajstić information content (AvgIpc) is 3.43. The van der Waals surface area contributed by atoms with Crippen LogP contribution in [0, 0.1) is 19.8 Å². The fourth-order valence-corrected chi connectivity index (χ4v) is 6.10. The number of nitrogens with one attached hydrogen (secondary N) is 1. The van der Waals surface area contributed by atoms with Gasteiger partial charge in [-0.15, -0.1) is 0 Å². The Morgan fingerprint density at radius 3 is 2.56 bits per heavy atom. The van der Waals surface area contributed by atoms with Crippen LogP contribution < -0.4 is 10.1 Å². The maximum atomic E-state index is 12.6. The van der Waals surface area contributed by atoms with Crippen LogP contribution in [-0.4, -0.2) is 67.7 Å². The number of amides is 1. The van der Waals surface area contributed by atoms with Crippen molar-refractivity contribution < 1.29 is 14.3 Å². The first-order valence-electron chi connectivity index (χ1n) is 13.1. The molecule has 2 bridgehead atoms. The maximum absolute atomic E-state index is 12.6. The third-order valence-corrected chi connectivity index (χ3v) is 8.09. The quantitative estimate of drug-likeness (QED) is 0.516. The molecular formula is C28H43N3O3. The molecule has 2 fully saturated rings. The molecule has 2 saturated heterocycles. The molecule has 6 heteroatoms. The van der Waals surface area contributed by atoms with E-state index in [0.717, 1.165) is 44.6 Å². The van der Waals surface area contributed by atoms with Crippen LogP contribution in [0.5, 0.6) is 5.75 Å². The van der Waals surface area contributed by atoms with E-state index < -0.39 is 0 Å². The van der Waals surface area contributed by atoms with Crippen molar-refractivity contribution in [1.29, 1.82) is 0 Å². The number of piperidine rings is 1. The lowest BCUT2D eigenvalue weighted by molar-refractivity contribution is -0.125. The molecule has 3 aliphatic heterocycles. The third kappa shape index (κ3) is 5.60. The molecule has 0 aliphatic carbocycles. The predicted molar refractivity (Wildman–Crippen MR) is 136 cm³/mol. The summed E-state index contributed by atoms with van der Waals surface area (Å²) in [5.74, 6) is 1.00. The highest BCUT2D eigenvalue weighted by molar-refractivity contribution is 5.81. The van der Waals surface area contributed by atoms with Crippen molar-refractivity contribution in [3.63, 3.8) is 0 Å². The third-order valence-electron chi connectivity index (χ3n) is 8.09. The van der Waals surface area contributed by atoms with Gasteiger partial charge in [0.1, 0.15) is 12.4 Å². The molecule has 6 nitrogen and oxygen atoms in total. The van der Waals surface area contributed by atoms with Gasteiger partial charge >= 0.3 is 0 Å². The van der Waals surface area contributed by atoms with Crippen LogP contribution in [-0.2, 0) is 9.53 Å². The number of hydrogen-bond acceptors (Lipinski definition) is 5. The lowest BCUT2D eigenvalue weighted by Gasteiger charge is -2.43. The minimum atomic E-state index is -0.131. The number of fused-ring (bicyclic) bond motifs is 2. The Morgan fingerprint density at radius 2 is 1.91 bits per heavy atom. The molecule has 0 saturated carbocycles. The molecule has 0 radical (unpaired) electrons. The molecule has 1 amide bonds. The number of rotatable bonds is 10. The van der Waals surface area contributed by atoms with Crippen molar-refractivity contribution in [3.05, 3.63) is 41.2 Å². The van der Waals surface area contributed by atoms with Crippen LogP contribution in [0.2, 0.25) is 0 Å². The first-order chi connectivity index (χ1) is 16.3. The highest BCUT2D eigenvalue weighted by Crippen LogP contribution is 2.43. The van der Waals surface area contributed by atoms with Crippen LogP contribution in [0.3, 0.4) is 0 Å². The molecular weight excluding hydrogens is 426 g/mol. The van der Waals surface area contributed by atoms with E-state index >= 15 is 0 Å². The molecule has 1 N–H and O–H groups in total. The average molecular weight is 470 g/mol. The minimum absolute atomic E-state index is 0.114. The van der Waals surface area contributed by atoms with Crippen molar-refractivity contribution in [2.75, 3.05) is 33.9 Å². The summed E-state index contributed by atoms with van der Waals surface area (Å²) in [5, 5.41) is 3.31. The monoisotopic (exact) mass is 469 g/mol. The van der Waals surface area contributed by atoms with Gasteiger partial charge in [0, 0.05) is 24.2 Å². The van der Waals surface area contributed by atoms with Gasteiger partial charge in [0.15, 0.2) is 0 Å². The van der Waals surface area contributed by atoms with Gasteiger partial charge in [0.2, 0.25) is 5.91 Å². The molecule has 188 valence electrons. The topological polar surface area (TPSA) is 54.0 Å². The molecule has 34 heavy (non-hydrogen) atoms. The van der Waals surface area contributed by atoms with E-state index in [1.807, 2.05) is 6.08 Å². The fourth-order valence-electron chi connectivity index (χ4n) is 6.10. The molecule has 1 aromatic rings. The Morgan fingerprint density at radius 1 is 1.18 bits per heavy atom. The van der Waals surface area contributed by atoms with Crippen molar-refractivity contribution in [3.8, 4) is 5.75 Å². The Labute approximate surface area is 205 Å². The molecule has 3 heterocycles. The molecule has 0 spiro atoms. The Balaban J connectivity index is 1.35. The molecule has 4 atom stereocenters. The molecule has 1 aromatic carbocycles. The van der Waals surface area contributed by atoms with Gasteiger partial charge in [0.05, 0.1) is 18.8 Å². The van der Waals surface area contributed by atoms with Gasteiger partial charge in [-0.2, -0.15) is 0 Å². The van der Waals surface area contributed by atoms with Gasteiger partial charge in [-0.3, -0.25) is 9.69 Å². The second kappa shape index (κ2) is 11.1. The minimum Gasteiger partial charge on any atom is -0.500 e. The predicted octanol–water partition coefficient (Wildman–Crippen LogP) is 4.36. The Bertz CT molecular complexity index is 870. The standard InChI is InChI=1S/C28H43N3O3/c1-19-20(2)27(34-14-7-6-13-30(4)5)11-10-26(19)21(3)31-24-8-9-25(31)17-23(16-24)29-28(32)22-12-15-33-18-22/h10-12,15,21-25H,6-9,13-14,16-18H2,1-5H3,(H,29,32). The number of benzene rings is 1. The number of hydrogen-bond donors (Lipinski definition) is 1. The summed E-state index contributed by atoms with van der Waals surface area (Å²) < 4.78 is 11.4. The zero-order valence-electron chi connectivity index (χ0n) is 21.7. The highest BCUT2D eigenvalue weighted by atomic mass is 16.5. The summed E-state index contributed by atoms with van der Waals surface area (Å²) in [6.07, 6.45) is 10.3. The van der Waals surface area contributed by atoms with E-state index in [1.54, 1.807) is 6.26 Å². The molecule has 3 aliphatic rings. The first kappa shape index (κ1) is 25.1. The van der Waals surface area contributed by atoms with Crippen LogP contribution in [0.4, 0.5) is 0 Å². The summed E-state index contributed by atoms with van der Waals surface area (Å²) in [6, 6.07) is 6.15. The maximum Gasteiger partial charge on any atom is 0.230 e. The van der Waals surface area contributed by atoms with Gasteiger partial charge in [-0.25, -0.2) is 0 Å².